The second kappa shape index (κ2) is 8.79. The summed E-state index contributed by atoms with van der Waals surface area (Å²) in [7, 11) is 4.92. The Kier molecular flexibility index (Phi) is 7.39. The summed E-state index contributed by atoms with van der Waals surface area (Å²) >= 11 is 3.37. The first kappa shape index (κ1) is 17.7. The number of alkyl halides is 1. The molecule has 6 heteroatoms. The van der Waals surface area contributed by atoms with Gasteiger partial charge in [-0.2, -0.15) is 0 Å². The Labute approximate surface area is 134 Å². The van der Waals surface area contributed by atoms with Gasteiger partial charge < -0.3 is 14.5 Å². The van der Waals surface area contributed by atoms with Gasteiger partial charge >= 0.3 is 0 Å². The molecule has 116 valence electrons. The third-order valence-electron chi connectivity index (χ3n) is 3.03. The van der Waals surface area contributed by atoms with Crippen molar-refractivity contribution < 1.29 is 14.3 Å². The van der Waals surface area contributed by atoms with Gasteiger partial charge in [-0.25, -0.2) is 0 Å². The van der Waals surface area contributed by atoms with E-state index in [1.54, 1.807) is 33.3 Å². The van der Waals surface area contributed by atoms with Gasteiger partial charge in [0.05, 0.1) is 6.61 Å². The van der Waals surface area contributed by atoms with Crippen LogP contribution in [0.25, 0.3) is 0 Å². The van der Waals surface area contributed by atoms with E-state index in [-0.39, 0.29) is 18.4 Å². The van der Waals surface area contributed by atoms with Crippen molar-refractivity contribution >= 4 is 27.7 Å². The Balaban J connectivity index is 2.84. The quantitative estimate of drug-likeness (QED) is 0.699. The molecule has 0 saturated carbocycles. The molecule has 21 heavy (non-hydrogen) atoms. The highest BCUT2D eigenvalue weighted by Gasteiger charge is 2.19. The van der Waals surface area contributed by atoms with Gasteiger partial charge in [0, 0.05) is 38.6 Å². The van der Waals surface area contributed by atoms with E-state index in [0.717, 1.165) is 10.9 Å². The molecule has 1 rings (SSSR count). The van der Waals surface area contributed by atoms with Crippen molar-refractivity contribution in [3.05, 3.63) is 35.4 Å². The highest BCUT2D eigenvalue weighted by molar-refractivity contribution is 9.08. The molecular weight excluding hydrogens is 336 g/mol. The zero-order valence-corrected chi connectivity index (χ0v) is 14.2. The normalized spacial score (nSPS) is 10.3. The topological polar surface area (TPSA) is 49.9 Å². The zero-order chi connectivity index (χ0) is 15.8. The first-order valence-electron chi connectivity index (χ1n) is 6.63. The number of carbonyl (C=O) groups is 2. The molecule has 0 atom stereocenters. The predicted octanol–water partition coefficient (Wildman–Crippen LogP) is 1.76. The van der Waals surface area contributed by atoms with Crippen LogP contribution in [-0.2, 0) is 14.9 Å². The Hall–Kier alpha value is -1.40. The molecule has 0 fully saturated rings. The second-order valence-electron chi connectivity index (χ2n) is 4.84. The molecule has 5 nitrogen and oxygen atoms in total. The Morgan fingerprint density at radius 2 is 1.81 bits per heavy atom. The number of benzene rings is 1. The average molecular weight is 357 g/mol. The minimum absolute atomic E-state index is 0.0510. The van der Waals surface area contributed by atoms with Crippen LogP contribution in [0.5, 0.6) is 0 Å². The van der Waals surface area contributed by atoms with Crippen LogP contribution in [-0.4, -0.2) is 62.5 Å². The van der Waals surface area contributed by atoms with Gasteiger partial charge in [0.15, 0.2) is 0 Å². The van der Waals surface area contributed by atoms with Gasteiger partial charge in [-0.3, -0.25) is 9.59 Å². The number of ether oxygens (including phenoxy) is 1. The van der Waals surface area contributed by atoms with Crippen molar-refractivity contribution in [1.29, 1.82) is 0 Å². The summed E-state index contributed by atoms with van der Waals surface area (Å²) in [4.78, 5) is 27.3. The number of rotatable bonds is 7. The summed E-state index contributed by atoms with van der Waals surface area (Å²) in [5.41, 5.74) is 1.67. The van der Waals surface area contributed by atoms with Crippen molar-refractivity contribution in [2.45, 2.75) is 5.33 Å². The Morgan fingerprint density at radius 1 is 1.19 bits per heavy atom. The summed E-state index contributed by atoms with van der Waals surface area (Å²) in [5, 5.41) is 0.744. The number of likely N-dealkylation sites (N-methyl/N-ethyl adjacent to an activating group) is 1. The van der Waals surface area contributed by atoms with Gasteiger partial charge in [-0.15, -0.1) is 0 Å². The van der Waals surface area contributed by atoms with Gasteiger partial charge in [0.1, 0.15) is 6.54 Å². The lowest BCUT2D eigenvalue weighted by molar-refractivity contribution is -0.129. The van der Waals surface area contributed by atoms with Crippen LogP contribution in [0, 0.1) is 0 Å². The largest absolute Gasteiger partial charge is 0.383 e. The zero-order valence-electron chi connectivity index (χ0n) is 12.6. The first-order valence-corrected chi connectivity index (χ1v) is 7.75. The van der Waals surface area contributed by atoms with Gasteiger partial charge in [0.2, 0.25) is 5.91 Å². The molecule has 0 bridgehead atoms. The Bertz CT molecular complexity index is 474. The second-order valence-corrected chi connectivity index (χ2v) is 5.40. The number of hydrogen-bond acceptors (Lipinski definition) is 3. The molecule has 0 radical (unpaired) electrons. The predicted molar refractivity (Wildman–Crippen MR) is 85.5 cm³/mol. The molecule has 0 aliphatic heterocycles. The maximum Gasteiger partial charge on any atom is 0.254 e. The molecule has 0 unspecified atom stereocenters. The minimum Gasteiger partial charge on any atom is -0.383 e. The molecule has 0 saturated heterocycles. The highest BCUT2D eigenvalue weighted by atomic mass is 79.9. The van der Waals surface area contributed by atoms with E-state index < -0.39 is 0 Å². The van der Waals surface area contributed by atoms with Crippen LogP contribution in [0.3, 0.4) is 0 Å². The van der Waals surface area contributed by atoms with E-state index in [2.05, 4.69) is 15.9 Å². The number of halogens is 1. The summed E-state index contributed by atoms with van der Waals surface area (Å²) in [6.07, 6.45) is 0. The van der Waals surface area contributed by atoms with E-state index in [1.807, 2.05) is 12.1 Å². The first-order chi connectivity index (χ1) is 9.99. The van der Waals surface area contributed by atoms with Crippen molar-refractivity contribution in [2.75, 3.05) is 40.9 Å². The van der Waals surface area contributed by atoms with Crippen LogP contribution in [0.15, 0.2) is 24.3 Å². The van der Waals surface area contributed by atoms with Gasteiger partial charge in [-0.05, 0) is 17.7 Å². The lowest BCUT2D eigenvalue weighted by Crippen LogP contribution is -2.41. The third-order valence-corrected chi connectivity index (χ3v) is 3.68. The van der Waals surface area contributed by atoms with E-state index in [9.17, 15) is 9.59 Å². The smallest absolute Gasteiger partial charge is 0.254 e. The third kappa shape index (κ3) is 5.47. The molecular formula is C15H21BrN2O3. The summed E-state index contributed by atoms with van der Waals surface area (Å²) in [6.45, 7) is 0.830. The molecule has 0 aromatic heterocycles. The number of nitrogens with zero attached hydrogens (tertiary/aromatic N) is 2. The molecule has 0 heterocycles. The Morgan fingerprint density at radius 3 is 2.29 bits per heavy atom. The number of carbonyl (C=O) groups excluding carboxylic acids is 2. The number of hydrogen-bond donors (Lipinski definition) is 0. The maximum atomic E-state index is 12.5. The standard InChI is InChI=1S/C15H21BrN2O3/c1-17(2)14(19)11-18(8-9-21-3)15(20)13-6-4-12(10-16)5-7-13/h4-7H,8-11H2,1-3H3. The summed E-state index contributed by atoms with van der Waals surface area (Å²) < 4.78 is 5.01. The van der Waals surface area contributed by atoms with Crippen LogP contribution < -0.4 is 0 Å². The molecule has 0 spiro atoms. The highest BCUT2D eigenvalue weighted by Crippen LogP contribution is 2.10. The van der Waals surface area contributed by atoms with Crippen molar-refractivity contribution in [3.63, 3.8) is 0 Å². The SMILES string of the molecule is COCCN(CC(=O)N(C)C)C(=O)c1ccc(CBr)cc1. The van der Waals surface area contributed by atoms with Crippen molar-refractivity contribution in [3.8, 4) is 0 Å². The van der Waals surface area contributed by atoms with Crippen LogP contribution >= 0.6 is 15.9 Å². The van der Waals surface area contributed by atoms with Crippen LogP contribution in [0.1, 0.15) is 15.9 Å². The van der Waals surface area contributed by atoms with Gasteiger partial charge in [0.25, 0.3) is 5.91 Å². The fourth-order valence-electron chi connectivity index (χ4n) is 1.68. The molecule has 2 amide bonds. The molecule has 0 aliphatic rings. The summed E-state index contributed by atoms with van der Waals surface area (Å²) in [5.74, 6) is -0.278. The molecule has 0 aliphatic carbocycles. The molecule has 1 aromatic rings. The van der Waals surface area contributed by atoms with E-state index >= 15 is 0 Å². The fourth-order valence-corrected chi connectivity index (χ4v) is 2.05. The molecule has 0 N–H and O–H groups in total. The van der Waals surface area contributed by atoms with Crippen LogP contribution in [0.2, 0.25) is 0 Å². The van der Waals surface area contributed by atoms with E-state index in [4.69, 9.17) is 4.74 Å². The van der Waals surface area contributed by atoms with Crippen molar-refractivity contribution in [2.24, 2.45) is 0 Å². The lowest BCUT2D eigenvalue weighted by atomic mass is 10.1. The van der Waals surface area contributed by atoms with E-state index in [1.165, 1.54) is 9.80 Å². The number of methoxy groups -OCH3 is 1. The average Bonchev–Trinajstić information content (AvgIpc) is 2.50. The van der Waals surface area contributed by atoms with Gasteiger partial charge in [-0.1, -0.05) is 28.1 Å². The van der Waals surface area contributed by atoms with Crippen LogP contribution in [0.4, 0.5) is 0 Å². The maximum absolute atomic E-state index is 12.5. The summed E-state index contributed by atoms with van der Waals surface area (Å²) in [6, 6.07) is 7.34. The van der Waals surface area contributed by atoms with Crippen molar-refractivity contribution in [1.82, 2.24) is 9.80 Å². The molecule has 1 aromatic carbocycles. The van der Waals surface area contributed by atoms with E-state index in [0.29, 0.717) is 18.7 Å². The lowest BCUT2D eigenvalue weighted by Gasteiger charge is -2.23. The monoisotopic (exact) mass is 356 g/mol. The fraction of sp³-hybridized carbons (Fsp3) is 0.467. The minimum atomic E-state index is -0.164. The number of amides is 2.